The topological polar surface area (TPSA) is 93.1 Å². The van der Waals surface area contributed by atoms with Gasteiger partial charge in [0.25, 0.3) is 0 Å². The van der Waals surface area contributed by atoms with Crippen LogP contribution >= 0.6 is 0 Å². The number of aliphatic hydroxyl groups is 1. The minimum atomic E-state index is -3.06. The number of hydrogen-bond acceptors (Lipinski definition) is 6. The molecule has 1 atom stereocenters. The lowest BCUT2D eigenvalue weighted by Gasteiger charge is -2.26. The predicted octanol–water partition coefficient (Wildman–Crippen LogP) is -0.749. The number of sulfone groups is 1. The maximum atomic E-state index is 11.7. The van der Waals surface area contributed by atoms with Gasteiger partial charge >= 0.3 is 6.09 Å². The summed E-state index contributed by atoms with van der Waals surface area (Å²) in [5.74, 6) is 0.0549. The Hall–Kier alpha value is -0.860. The quantitative estimate of drug-likeness (QED) is 0.688. The van der Waals surface area contributed by atoms with Gasteiger partial charge in [0.1, 0.15) is 6.61 Å². The van der Waals surface area contributed by atoms with Crippen LogP contribution in [0.1, 0.15) is 6.42 Å². The van der Waals surface area contributed by atoms with Crippen molar-refractivity contribution in [2.24, 2.45) is 0 Å². The molecule has 0 bridgehead atoms. The van der Waals surface area contributed by atoms with E-state index in [2.05, 4.69) is 0 Å². The van der Waals surface area contributed by atoms with E-state index >= 15 is 0 Å². The lowest BCUT2D eigenvalue weighted by Crippen LogP contribution is -2.43. The van der Waals surface area contributed by atoms with Gasteiger partial charge in [0.05, 0.1) is 30.8 Å². The monoisotopic (exact) mass is 281 g/mol. The smallest absolute Gasteiger partial charge is 0.410 e. The van der Waals surface area contributed by atoms with Crippen molar-refractivity contribution in [2.75, 3.05) is 45.0 Å². The van der Waals surface area contributed by atoms with Crippen LogP contribution in [-0.2, 0) is 19.3 Å². The molecule has 8 heteroatoms. The number of methoxy groups -OCH3 is 1. The first-order valence-electron chi connectivity index (χ1n) is 5.74. The number of nitrogens with zero attached hydrogens (tertiary/aromatic N) is 1. The third kappa shape index (κ3) is 4.43. The van der Waals surface area contributed by atoms with E-state index in [0.29, 0.717) is 13.0 Å². The van der Waals surface area contributed by atoms with Gasteiger partial charge in [-0.3, -0.25) is 0 Å². The number of rotatable bonds is 6. The molecule has 1 rings (SSSR count). The molecule has 1 saturated heterocycles. The van der Waals surface area contributed by atoms with Crippen molar-refractivity contribution in [3.8, 4) is 0 Å². The molecule has 1 amide bonds. The second-order valence-corrected chi connectivity index (χ2v) is 6.31. The Morgan fingerprint density at radius 1 is 1.44 bits per heavy atom. The maximum absolute atomic E-state index is 11.7. The van der Waals surface area contributed by atoms with Gasteiger partial charge in [-0.1, -0.05) is 0 Å². The Bertz CT molecular complexity index is 369. The SMILES string of the molecule is COCCN(C(=O)OCCO)C1CCS(=O)(=O)C1. The standard InChI is InChI=1S/C10H19NO6S/c1-16-5-3-11(10(13)17-6-4-12)9-2-7-18(14,15)8-9/h9,12H,2-8H2,1H3. The average Bonchev–Trinajstić information content (AvgIpc) is 2.67. The highest BCUT2D eigenvalue weighted by atomic mass is 32.2. The number of aliphatic hydroxyl groups excluding tert-OH is 1. The molecular weight excluding hydrogens is 262 g/mol. The Morgan fingerprint density at radius 3 is 2.67 bits per heavy atom. The molecule has 1 N–H and O–H groups in total. The molecule has 106 valence electrons. The summed E-state index contributed by atoms with van der Waals surface area (Å²) in [6.07, 6.45) is -0.191. The molecular formula is C10H19NO6S. The van der Waals surface area contributed by atoms with Gasteiger partial charge in [0, 0.05) is 13.7 Å². The molecule has 0 aliphatic carbocycles. The van der Waals surface area contributed by atoms with Crippen LogP contribution in [0.5, 0.6) is 0 Å². The minimum Gasteiger partial charge on any atom is -0.447 e. The van der Waals surface area contributed by atoms with Crippen molar-refractivity contribution >= 4 is 15.9 Å². The van der Waals surface area contributed by atoms with Crippen molar-refractivity contribution in [2.45, 2.75) is 12.5 Å². The van der Waals surface area contributed by atoms with Gasteiger partial charge in [0.15, 0.2) is 9.84 Å². The second kappa shape index (κ2) is 6.91. The van der Waals surface area contributed by atoms with Crippen LogP contribution in [0.2, 0.25) is 0 Å². The lowest BCUT2D eigenvalue weighted by molar-refractivity contribution is 0.0624. The first kappa shape index (κ1) is 15.2. The third-order valence-corrected chi connectivity index (χ3v) is 4.49. The predicted molar refractivity (Wildman–Crippen MR) is 64.1 cm³/mol. The molecule has 0 aromatic heterocycles. The van der Waals surface area contributed by atoms with Crippen LogP contribution in [0.15, 0.2) is 0 Å². The number of ether oxygens (including phenoxy) is 2. The highest BCUT2D eigenvalue weighted by Gasteiger charge is 2.35. The Balaban J connectivity index is 2.63. The summed E-state index contributed by atoms with van der Waals surface area (Å²) in [5, 5.41) is 8.61. The highest BCUT2D eigenvalue weighted by molar-refractivity contribution is 7.91. The molecule has 0 aromatic rings. The Labute approximate surface area is 107 Å². The average molecular weight is 281 g/mol. The van der Waals surface area contributed by atoms with Crippen LogP contribution in [0.3, 0.4) is 0 Å². The first-order chi connectivity index (χ1) is 8.50. The molecule has 1 aliphatic rings. The fraction of sp³-hybridized carbons (Fsp3) is 0.900. The van der Waals surface area contributed by atoms with Gasteiger partial charge in [0.2, 0.25) is 0 Å². The fourth-order valence-corrected chi connectivity index (χ4v) is 3.58. The van der Waals surface area contributed by atoms with E-state index in [9.17, 15) is 13.2 Å². The first-order valence-corrected chi connectivity index (χ1v) is 7.56. The molecule has 0 aromatic carbocycles. The van der Waals surface area contributed by atoms with Gasteiger partial charge in [-0.15, -0.1) is 0 Å². The van der Waals surface area contributed by atoms with E-state index in [0.717, 1.165) is 0 Å². The van der Waals surface area contributed by atoms with Gasteiger partial charge in [-0.05, 0) is 6.42 Å². The number of hydrogen-bond donors (Lipinski definition) is 1. The van der Waals surface area contributed by atoms with Crippen LogP contribution < -0.4 is 0 Å². The number of carbonyl (C=O) groups excluding carboxylic acids is 1. The van der Waals surface area contributed by atoms with Crippen molar-refractivity contribution in [1.29, 1.82) is 0 Å². The third-order valence-electron chi connectivity index (χ3n) is 2.74. The largest absolute Gasteiger partial charge is 0.447 e. The van der Waals surface area contributed by atoms with E-state index in [-0.39, 0.29) is 37.3 Å². The van der Waals surface area contributed by atoms with Crippen LogP contribution in [-0.4, -0.2) is 75.5 Å². The van der Waals surface area contributed by atoms with E-state index in [4.69, 9.17) is 14.6 Å². The maximum Gasteiger partial charge on any atom is 0.410 e. The summed E-state index contributed by atoms with van der Waals surface area (Å²) in [7, 11) is -1.56. The molecule has 1 unspecified atom stereocenters. The number of carbonyl (C=O) groups is 1. The normalized spacial score (nSPS) is 21.8. The highest BCUT2D eigenvalue weighted by Crippen LogP contribution is 2.18. The van der Waals surface area contributed by atoms with Crippen molar-refractivity contribution in [3.63, 3.8) is 0 Å². The molecule has 1 fully saturated rings. The van der Waals surface area contributed by atoms with E-state index < -0.39 is 15.9 Å². The summed E-state index contributed by atoms with van der Waals surface area (Å²) in [6, 6.07) is -0.364. The summed E-state index contributed by atoms with van der Waals surface area (Å²) in [5.41, 5.74) is 0. The summed E-state index contributed by atoms with van der Waals surface area (Å²) >= 11 is 0. The van der Waals surface area contributed by atoms with Crippen LogP contribution in [0, 0.1) is 0 Å². The van der Waals surface area contributed by atoms with E-state index in [1.807, 2.05) is 0 Å². The fourth-order valence-electron chi connectivity index (χ4n) is 1.85. The van der Waals surface area contributed by atoms with Crippen molar-refractivity contribution in [3.05, 3.63) is 0 Å². The van der Waals surface area contributed by atoms with Crippen LogP contribution in [0.4, 0.5) is 4.79 Å². The van der Waals surface area contributed by atoms with Gasteiger partial charge in [-0.2, -0.15) is 0 Å². The summed E-state index contributed by atoms with van der Waals surface area (Å²) < 4.78 is 32.5. The zero-order valence-corrected chi connectivity index (χ0v) is 11.2. The molecule has 7 nitrogen and oxygen atoms in total. The second-order valence-electron chi connectivity index (χ2n) is 4.08. The Kier molecular flexibility index (Phi) is 5.83. The van der Waals surface area contributed by atoms with E-state index in [1.54, 1.807) is 0 Å². The molecule has 18 heavy (non-hydrogen) atoms. The zero-order chi connectivity index (χ0) is 13.6. The molecule has 0 radical (unpaired) electrons. The van der Waals surface area contributed by atoms with Crippen molar-refractivity contribution < 1.29 is 27.8 Å². The Morgan fingerprint density at radius 2 is 2.17 bits per heavy atom. The van der Waals surface area contributed by atoms with E-state index in [1.165, 1.54) is 12.0 Å². The van der Waals surface area contributed by atoms with Gasteiger partial charge < -0.3 is 19.5 Å². The zero-order valence-electron chi connectivity index (χ0n) is 10.4. The number of amides is 1. The minimum absolute atomic E-state index is 0.0368. The molecule has 1 heterocycles. The summed E-state index contributed by atoms with van der Waals surface area (Å²) in [6.45, 7) is 0.236. The van der Waals surface area contributed by atoms with Gasteiger partial charge in [-0.25, -0.2) is 13.2 Å². The van der Waals surface area contributed by atoms with Crippen molar-refractivity contribution in [1.82, 2.24) is 4.90 Å². The molecule has 1 aliphatic heterocycles. The summed E-state index contributed by atoms with van der Waals surface area (Å²) in [4.78, 5) is 13.1. The lowest BCUT2D eigenvalue weighted by atomic mass is 10.2. The molecule has 0 spiro atoms. The van der Waals surface area contributed by atoms with Crippen LogP contribution in [0.25, 0.3) is 0 Å². The molecule has 0 saturated carbocycles.